The van der Waals surface area contributed by atoms with Crippen LogP contribution in [0.5, 0.6) is 5.75 Å². The molecule has 3 rings (SSSR count). The Balaban J connectivity index is 1.94. The average molecular weight is 343 g/mol. The van der Waals surface area contributed by atoms with Crippen molar-refractivity contribution in [3.63, 3.8) is 0 Å². The number of carboxylic acid groups (broad SMARTS) is 1. The number of likely N-dealkylation sites (tertiary alicyclic amines) is 1. The van der Waals surface area contributed by atoms with Gasteiger partial charge in [0.2, 0.25) is 0 Å². The minimum atomic E-state index is -1.02. The first-order valence-corrected chi connectivity index (χ1v) is 8.25. The molecule has 132 valence electrons. The summed E-state index contributed by atoms with van der Waals surface area (Å²) in [6, 6.07) is 7.59. The molecule has 2 heterocycles. The number of furan rings is 1. The second-order valence-electron chi connectivity index (χ2n) is 6.19. The van der Waals surface area contributed by atoms with E-state index in [4.69, 9.17) is 14.3 Å². The fraction of sp³-hybridized carbons (Fsp3) is 0.368. The fourth-order valence-electron chi connectivity index (χ4n) is 3.47. The SMILES string of the molecule is COc1ccccc1C1CCCN1C(=O)c1c(C)coc1CC(=O)O. The molecule has 6 nitrogen and oxygen atoms in total. The number of carbonyl (C=O) groups is 2. The normalized spacial score (nSPS) is 16.9. The number of nitrogens with zero attached hydrogens (tertiary/aromatic N) is 1. The number of para-hydroxylation sites is 1. The van der Waals surface area contributed by atoms with Crippen molar-refractivity contribution in [2.24, 2.45) is 0 Å². The summed E-state index contributed by atoms with van der Waals surface area (Å²) < 4.78 is 10.8. The van der Waals surface area contributed by atoms with Gasteiger partial charge >= 0.3 is 5.97 Å². The molecule has 1 aromatic heterocycles. The van der Waals surface area contributed by atoms with Gasteiger partial charge in [-0.1, -0.05) is 18.2 Å². The standard InChI is InChI=1S/C19H21NO5/c1-12-11-25-16(10-17(21)22)18(12)19(23)20-9-5-7-14(20)13-6-3-4-8-15(13)24-2/h3-4,6,8,11,14H,5,7,9-10H2,1-2H3,(H,21,22). The fourth-order valence-corrected chi connectivity index (χ4v) is 3.47. The van der Waals surface area contributed by atoms with Crippen LogP contribution in [0.15, 0.2) is 34.9 Å². The average Bonchev–Trinajstić information content (AvgIpc) is 3.21. The van der Waals surface area contributed by atoms with Gasteiger partial charge < -0.3 is 19.2 Å². The summed E-state index contributed by atoms with van der Waals surface area (Å²) in [6.45, 7) is 2.38. The number of hydrogen-bond donors (Lipinski definition) is 1. The van der Waals surface area contributed by atoms with Crippen molar-refractivity contribution >= 4 is 11.9 Å². The van der Waals surface area contributed by atoms with E-state index in [-0.39, 0.29) is 24.1 Å². The van der Waals surface area contributed by atoms with Gasteiger partial charge in [0.05, 0.1) is 25.0 Å². The van der Waals surface area contributed by atoms with E-state index in [9.17, 15) is 9.59 Å². The number of carboxylic acids is 1. The smallest absolute Gasteiger partial charge is 0.311 e. The van der Waals surface area contributed by atoms with Crippen LogP contribution in [0.3, 0.4) is 0 Å². The molecule has 0 spiro atoms. The van der Waals surface area contributed by atoms with Crippen LogP contribution in [0, 0.1) is 6.92 Å². The highest BCUT2D eigenvalue weighted by molar-refractivity contribution is 5.98. The molecule has 0 saturated carbocycles. The van der Waals surface area contributed by atoms with E-state index in [1.807, 2.05) is 24.3 Å². The quantitative estimate of drug-likeness (QED) is 0.902. The van der Waals surface area contributed by atoms with Crippen molar-refractivity contribution in [3.8, 4) is 5.75 Å². The molecule has 1 aromatic carbocycles. The highest BCUT2D eigenvalue weighted by Crippen LogP contribution is 2.38. The van der Waals surface area contributed by atoms with E-state index >= 15 is 0 Å². The summed E-state index contributed by atoms with van der Waals surface area (Å²) in [5.74, 6) is -0.246. The predicted molar refractivity (Wildman–Crippen MR) is 90.8 cm³/mol. The zero-order valence-electron chi connectivity index (χ0n) is 14.3. The number of ether oxygens (including phenoxy) is 1. The molecule has 2 aromatic rings. The summed E-state index contributed by atoms with van der Waals surface area (Å²) in [4.78, 5) is 26.0. The molecule has 1 unspecified atom stereocenters. The van der Waals surface area contributed by atoms with Gasteiger partial charge in [-0.15, -0.1) is 0 Å². The Bertz CT molecular complexity index is 795. The van der Waals surface area contributed by atoms with Crippen molar-refractivity contribution in [1.29, 1.82) is 0 Å². The predicted octanol–water partition coefficient (Wildman–Crippen LogP) is 3.20. The lowest BCUT2D eigenvalue weighted by Crippen LogP contribution is -2.31. The maximum atomic E-state index is 13.1. The zero-order valence-corrected chi connectivity index (χ0v) is 14.3. The van der Waals surface area contributed by atoms with Gasteiger partial charge in [-0.2, -0.15) is 0 Å². The van der Waals surface area contributed by atoms with E-state index in [0.717, 1.165) is 24.2 Å². The molecule has 1 atom stereocenters. The maximum absolute atomic E-state index is 13.1. The van der Waals surface area contributed by atoms with Crippen molar-refractivity contribution < 1.29 is 23.8 Å². The van der Waals surface area contributed by atoms with Crippen LogP contribution in [-0.4, -0.2) is 35.5 Å². The molecular weight excluding hydrogens is 322 g/mol. The van der Waals surface area contributed by atoms with Gasteiger partial charge in [0.15, 0.2) is 0 Å². The van der Waals surface area contributed by atoms with Crippen LogP contribution in [0.25, 0.3) is 0 Å². The van der Waals surface area contributed by atoms with E-state index in [1.54, 1.807) is 18.9 Å². The summed E-state index contributed by atoms with van der Waals surface area (Å²) in [5, 5.41) is 9.04. The molecule has 25 heavy (non-hydrogen) atoms. The number of benzene rings is 1. The van der Waals surface area contributed by atoms with Gasteiger partial charge in [-0.05, 0) is 25.8 Å². The Morgan fingerprint density at radius 1 is 1.36 bits per heavy atom. The molecule has 1 amide bonds. The molecule has 1 fully saturated rings. The van der Waals surface area contributed by atoms with Gasteiger partial charge in [0, 0.05) is 17.7 Å². The third-order valence-corrected chi connectivity index (χ3v) is 4.59. The maximum Gasteiger partial charge on any atom is 0.311 e. The lowest BCUT2D eigenvalue weighted by molar-refractivity contribution is -0.136. The number of hydrogen-bond acceptors (Lipinski definition) is 4. The summed E-state index contributed by atoms with van der Waals surface area (Å²) >= 11 is 0. The highest BCUT2D eigenvalue weighted by atomic mass is 16.5. The lowest BCUT2D eigenvalue weighted by atomic mass is 10.0. The van der Waals surface area contributed by atoms with Crippen LogP contribution in [0.1, 0.15) is 46.1 Å². The number of carbonyl (C=O) groups excluding carboxylic acids is 1. The lowest BCUT2D eigenvalue weighted by Gasteiger charge is -2.26. The number of aliphatic carboxylic acids is 1. The van der Waals surface area contributed by atoms with Crippen molar-refractivity contribution in [2.75, 3.05) is 13.7 Å². The largest absolute Gasteiger partial charge is 0.496 e. The molecule has 0 radical (unpaired) electrons. The molecule has 6 heteroatoms. The molecule has 1 aliphatic heterocycles. The molecule has 1 N–H and O–H groups in total. The molecule has 1 aliphatic rings. The Kier molecular flexibility index (Phi) is 4.79. The Morgan fingerprint density at radius 3 is 2.84 bits per heavy atom. The minimum Gasteiger partial charge on any atom is -0.496 e. The van der Waals surface area contributed by atoms with E-state index in [1.165, 1.54) is 6.26 Å². The first kappa shape index (κ1) is 17.1. The van der Waals surface area contributed by atoms with Gasteiger partial charge in [0.1, 0.15) is 17.9 Å². The van der Waals surface area contributed by atoms with Crippen LogP contribution >= 0.6 is 0 Å². The van der Waals surface area contributed by atoms with Gasteiger partial charge in [-0.3, -0.25) is 9.59 Å². The molecule has 1 saturated heterocycles. The minimum absolute atomic E-state index is 0.0874. The van der Waals surface area contributed by atoms with E-state index in [2.05, 4.69) is 0 Å². The first-order valence-electron chi connectivity index (χ1n) is 8.25. The van der Waals surface area contributed by atoms with Crippen LogP contribution in [0.4, 0.5) is 0 Å². The van der Waals surface area contributed by atoms with Crippen molar-refractivity contribution in [2.45, 2.75) is 32.2 Å². The number of methoxy groups -OCH3 is 1. The molecular formula is C19H21NO5. The summed E-state index contributed by atoms with van der Waals surface area (Å²) in [5.41, 5.74) is 1.99. The Labute approximate surface area is 146 Å². The van der Waals surface area contributed by atoms with E-state index < -0.39 is 5.97 Å². The van der Waals surface area contributed by atoms with Gasteiger partial charge in [0.25, 0.3) is 5.91 Å². The van der Waals surface area contributed by atoms with Crippen LogP contribution in [-0.2, 0) is 11.2 Å². The summed E-state index contributed by atoms with van der Waals surface area (Å²) in [6.07, 6.45) is 2.87. The number of aryl methyl sites for hydroxylation is 1. The first-order chi connectivity index (χ1) is 12.0. The van der Waals surface area contributed by atoms with Crippen LogP contribution < -0.4 is 4.74 Å². The highest BCUT2D eigenvalue weighted by Gasteiger charge is 2.35. The Hall–Kier alpha value is -2.76. The van der Waals surface area contributed by atoms with Gasteiger partial charge in [-0.25, -0.2) is 0 Å². The van der Waals surface area contributed by atoms with Crippen molar-refractivity contribution in [1.82, 2.24) is 4.90 Å². The zero-order chi connectivity index (χ0) is 18.0. The second-order valence-corrected chi connectivity index (χ2v) is 6.19. The number of rotatable bonds is 5. The van der Waals surface area contributed by atoms with E-state index in [0.29, 0.717) is 17.7 Å². The number of amides is 1. The monoisotopic (exact) mass is 343 g/mol. The third kappa shape index (κ3) is 3.24. The Morgan fingerprint density at radius 2 is 2.12 bits per heavy atom. The van der Waals surface area contributed by atoms with Crippen molar-refractivity contribution in [3.05, 3.63) is 53.0 Å². The summed E-state index contributed by atoms with van der Waals surface area (Å²) in [7, 11) is 1.62. The third-order valence-electron chi connectivity index (χ3n) is 4.59. The molecule has 0 bridgehead atoms. The molecule has 0 aliphatic carbocycles. The second kappa shape index (κ2) is 7.01. The van der Waals surface area contributed by atoms with Crippen LogP contribution in [0.2, 0.25) is 0 Å². The topological polar surface area (TPSA) is 80.0 Å².